The Balaban J connectivity index is 1.46. The number of aromatic nitrogens is 5. The van der Waals surface area contributed by atoms with Crippen LogP contribution in [0.15, 0.2) is 85.7 Å². The molecule has 3 heterocycles. The lowest BCUT2D eigenvalue weighted by Gasteiger charge is -2.26. The van der Waals surface area contributed by atoms with Crippen molar-refractivity contribution < 1.29 is 18.0 Å². The second-order valence-electron chi connectivity index (χ2n) is 12.6. The summed E-state index contributed by atoms with van der Waals surface area (Å²) in [5, 5.41) is 3.26. The van der Waals surface area contributed by atoms with E-state index in [2.05, 4.69) is 32.2 Å². The van der Waals surface area contributed by atoms with Crippen molar-refractivity contribution in [1.82, 2.24) is 24.5 Å². The van der Waals surface area contributed by atoms with Gasteiger partial charge in [-0.2, -0.15) is 13.2 Å². The third-order valence-electron chi connectivity index (χ3n) is 8.58. The third-order valence-corrected chi connectivity index (χ3v) is 8.58. The SMILES string of the molecule is CCCCCCCCCCCC(=O)N(c1cc(-n2cnc(C)c2)cc(C(F)(F)F)c1)c1ccc(C)c(Nc2nccc(-c3cccnc3)n2)c1. The van der Waals surface area contributed by atoms with Gasteiger partial charge in [-0.05, 0) is 74.4 Å². The predicted molar refractivity (Wildman–Crippen MR) is 192 cm³/mol. The average molecular weight is 684 g/mol. The number of carbonyl (C=O) groups is 1. The molecule has 0 bridgehead atoms. The number of hydrogen-bond acceptors (Lipinski definition) is 6. The monoisotopic (exact) mass is 683 g/mol. The molecule has 1 amide bonds. The molecule has 0 spiro atoms. The van der Waals surface area contributed by atoms with E-state index in [9.17, 15) is 18.0 Å². The van der Waals surface area contributed by atoms with Crippen LogP contribution in [0.5, 0.6) is 0 Å². The minimum Gasteiger partial charge on any atom is -0.324 e. The minimum atomic E-state index is -4.64. The molecule has 2 aromatic carbocycles. The second-order valence-corrected chi connectivity index (χ2v) is 12.6. The van der Waals surface area contributed by atoms with Crippen molar-refractivity contribution in [3.8, 4) is 16.9 Å². The van der Waals surface area contributed by atoms with Crippen molar-refractivity contribution >= 4 is 28.9 Å². The van der Waals surface area contributed by atoms with Crippen LogP contribution in [0.2, 0.25) is 0 Å². The Morgan fingerprint density at radius 1 is 0.860 bits per heavy atom. The fourth-order valence-corrected chi connectivity index (χ4v) is 5.83. The Bertz CT molecular complexity index is 1860. The van der Waals surface area contributed by atoms with Crippen LogP contribution in [-0.2, 0) is 11.0 Å². The molecule has 0 aliphatic rings. The molecule has 0 fully saturated rings. The lowest BCUT2D eigenvalue weighted by Crippen LogP contribution is -2.26. The van der Waals surface area contributed by atoms with Gasteiger partial charge in [0.05, 0.1) is 34.7 Å². The lowest BCUT2D eigenvalue weighted by molar-refractivity contribution is -0.137. The quantitative estimate of drug-likeness (QED) is 0.104. The summed E-state index contributed by atoms with van der Waals surface area (Å²) in [4.78, 5) is 32.9. The molecule has 1 N–H and O–H groups in total. The first kappa shape index (κ1) is 36.2. The van der Waals surface area contributed by atoms with E-state index in [1.807, 2.05) is 25.1 Å². The predicted octanol–water partition coefficient (Wildman–Crippen LogP) is 10.7. The summed E-state index contributed by atoms with van der Waals surface area (Å²) in [6, 6.07) is 14.5. The third kappa shape index (κ3) is 9.77. The number of hydrogen-bond donors (Lipinski definition) is 1. The van der Waals surface area contributed by atoms with Gasteiger partial charge < -0.3 is 9.88 Å². The molecule has 5 aromatic rings. The van der Waals surface area contributed by atoms with Gasteiger partial charge in [0.15, 0.2) is 0 Å². The molecule has 0 aliphatic carbocycles. The Labute approximate surface area is 291 Å². The van der Waals surface area contributed by atoms with Gasteiger partial charge >= 0.3 is 6.18 Å². The number of imidazole rings is 1. The van der Waals surface area contributed by atoms with Gasteiger partial charge in [-0.1, -0.05) is 64.4 Å². The normalized spacial score (nSPS) is 11.5. The maximum Gasteiger partial charge on any atom is 0.416 e. The maximum atomic E-state index is 14.3. The van der Waals surface area contributed by atoms with Crippen molar-refractivity contribution in [2.24, 2.45) is 0 Å². The Kier molecular flexibility index (Phi) is 12.4. The fraction of sp³-hybridized carbons (Fsp3) is 0.359. The van der Waals surface area contributed by atoms with Crippen LogP contribution in [0.25, 0.3) is 16.9 Å². The summed E-state index contributed by atoms with van der Waals surface area (Å²) < 4.78 is 44.5. The van der Waals surface area contributed by atoms with Gasteiger partial charge in [-0.3, -0.25) is 14.7 Å². The molecule has 5 rings (SSSR count). The van der Waals surface area contributed by atoms with E-state index in [-0.39, 0.29) is 23.7 Å². The second kappa shape index (κ2) is 17.0. The number of anilines is 4. The summed E-state index contributed by atoms with van der Waals surface area (Å²) >= 11 is 0. The molecule has 0 saturated heterocycles. The molecule has 50 heavy (non-hydrogen) atoms. The number of nitrogens with zero attached hydrogens (tertiary/aromatic N) is 6. The number of rotatable bonds is 16. The number of unbranched alkanes of at least 4 members (excludes halogenated alkanes) is 8. The number of pyridine rings is 1. The molecule has 11 heteroatoms. The Hall–Kier alpha value is -5.06. The summed E-state index contributed by atoms with van der Waals surface area (Å²) in [7, 11) is 0. The van der Waals surface area contributed by atoms with E-state index in [0.717, 1.165) is 42.5 Å². The minimum absolute atomic E-state index is 0.117. The van der Waals surface area contributed by atoms with E-state index in [4.69, 9.17) is 0 Å². The van der Waals surface area contributed by atoms with E-state index in [0.29, 0.717) is 35.1 Å². The van der Waals surface area contributed by atoms with E-state index < -0.39 is 11.7 Å². The molecule has 262 valence electrons. The number of carbonyl (C=O) groups excluding carboxylic acids is 1. The molecule has 0 radical (unpaired) electrons. The zero-order valence-corrected chi connectivity index (χ0v) is 28.9. The van der Waals surface area contributed by atoms with E-state index >= 15 is 0 Å². The average Bonchev–Trinajstić information content (AvgIpc) is 3.55. The van der Waals surface area contributed by atoms with Crippen molar-refractivity contribution in [3.63, 3.8) is 0 Å². The van der Waals surface area contributed by atoms with Crippen molar-refractivity contribution in [2.75, 3.05) is 10.2 Å². The highest BCUT2D eigenvalue weighted by atomic mass is 19.4. The van der Waals surface area contributed by atoms with Gasteiger partial charge in [-0.25, -0.2) is 15.0 Å². The number of alkyl halides is 3. The van der Waals surface area contributed by atoms with Crippen LogP contribution in [0.1, 0.15) is 88.0 Å². The molecule has 0 unspecified atom stereocenters. The molecule has 0 atom stereocenters. The largest absolute Gasteiger partial charge is 0.416 e. The van der Waals surface area contributed by atoms with Crippen LogP contribution in [0.3, 0.4) is 0 Å². The summed E-state index contributed by atoms with van der Waals surface area (Å²) in [6.45, 7) is 5.86. The van der Waals surface area contributed by atoms with Crippen LogP contribution in [-0.4, -0.2) is 30.4 Å². The highest BCUT2D eigenvalue weighted by Gasteiger charge is 2.33. The first-order valence-electron chi connectivity index (χ1n) is 17.3. The van der Waals surface area contributed by atoms with Crippen molar-refractivity contribution in [1.29, 1.82) is 0 Å². The number of halogens is 3. The lowest BCUT2D eigenvalue weighted by atomic mass is 10.1. The van der Waals surface area contributed by atoms with Crippen LogP contribution in [0, 0.1) is 13.8 Å². The van der Waals surface area contributed by atoms with Gasteiger partial charge in [0.2, 0.25) is 11.9 Å². The van der Waals surface area contributed by atoms with Gasteiger partial charge in [0, 0.05) is 48.1 Å². The number of benzene rings is 2. The van der Waals surface area contributed by atoms with Crippen LogP contribution >= 0.6 is 0 Å². The smallest absolute Gasteiger partial charge is 0.324 e. The Morgan fingerprint density at radius 2 is 1.62 bits per heavy atom. The summed E-state index contributed by atoms with van der Waals surface area (Å²) in [5.41, 5.74) is 3.55. The molecule has 0 saturated carbocycles. The Morgan fingerprint density at radius 3 is 2.30 bits per heavy atom. The number of amides is 1. The van der Waals surface area contributed by atoms with E-state index in [1.165, 1.54) is 47.9 Å². The first-order chi connectivity index (χ1) is 24.1. The zero-order chi connectivity index (χ0) is 35.5. The molecular formula is C39H44F3N7O. The molecule has 8 nitrogen and oxygen atoms in total. The number of nitrogens with one attached hydrogen (secondary N) is 1. The van der Waals surface area contributed by atoms with Gasteiger partial charge in [0.1, 0.15) is 0 Å². The highest BCUT2D eigenvalue weighted by molar-refractivity contribution is 6.01. The van der Waals surface area contributed by atoms with Gasteiger partial charge in [-0.15, -0.1) is 0 Å². The first-order valence-corrected chi connectivity index (χ1v) is 17.3. The van der Waals surface area contributed by atoms with Crippen LogP contribution < -0.4 is 10.2 Å². The highest BCUT2D eigenvalue weighted by Crippen LogP contribution is 2.38. The zero-order valence-electron chi connectivity index (χ0n) is 28.9. The summed E-state index contributed by atoms with van der Waals surface area (Å²) in [6.07, 6.45) is 13.5. The van der Waals surface area contributed by atoms with Crippen molar-refractivity contribution in [3.05, 3.63) is 103 Å². The maximum absolute atomic E-state index is 14.3. The molecular weight excluding hydrogens is 639 g/mol. The number of aryl methyl sites for hydroxylation is 2. The summed E-state index contributed by atoms with van der Waals surface area (Å²) in [5.74, 6) is 0.0423. The standard InChI is InChI=1S/C39H44F3N7O/c1-4-5-6-7-8-9-10-11-12-15-37(50)49(34-22-31(39(40,41)42)21-33(23-34)48-26-29(3)45-27-48)32-17-16-28(2)36(24-32)47-38-44-20-18-35(46-38)30-14-13-19-43-25-30/h13-14,16-27H,4-12,15H2,1-3H3,(H,44,46,47). The topological polar surface area (TPSA) is 88.8 Å². The fourth-order valence-electron chi connectivity index (χ4n) is 5.83. The van der Waals surface area contributed by atoms with Crippen LogP contribution in [0.4, 0.5) is 36.2 Å². The molecule has 3 aromatic heterocycles. The van der Waals surface area contributed by atoms with Gasteiger partial charge in [0.25, 0.3) is 0 Å². The van der Waals surface area contributed by atoms with E-state index in [1.54, 1.807) is 56.0 Å². The van der Waals surface area contributed by atoms with Crippen molar-refractivity contribution in [2.45, 2.75) is 91.2 Å². The molecule has 0 aliphatic heterocycles.